The van der Waals surface area contributed by atoms with Crippen LogP contribution in [0.5, 0.6) is 0 Å². The summed E-state index contributed by atoms with van der Waals surface area (Å²) in [5.41, 5.74) is 3.61. The standard InChI is InChI=1S/C22H16N6O4/c29-19(23-13-5-7-15-17(9-13)27-21(31)25-15)11-1-2-12(4-3-11)20(30)24-14-6-8-16-18(10-14)28-22(32)26-16/h1-10H,(H,23,29)(H,24,30)(H2,25,27,31)(H2,26,28,32). The predicted molar refractivity (Wildman–Crippen MR) is 120 cm³/mol. The highest BCUT2D eigenvalue weighted by molar-refractivity contribution is 6.07. The predicted octanol–water partition coefficient (Wildman–Crippen LogP) is 2.53. The Morgan fingerprint density at radius 1 is 0.531 bits per heavy atom. The molecule has 10 heteroatoms. The normalized spacial score (nSPS) is 11.0. The molecule has 0 atom stereocenters. The topological polar surface area (TPSA) is 155 Å². The van der Waals surface area contributed by atoms with Crippen LogP contribution in [-0.4, -0.2) is 31.8 Å². The minimum Gasteiger partial charge on any atom is -0.322 e. The lowest BCUT2D eigenvalue weighted by Gasteiger charge is -2.08. The van der Waals surface area contributed by atoms with Gasteiger partial charge in [0, 0.05) is 22.5 Å². The van der Waals surface area contributed by atoms with Crippen molar-refractivity contribution in [2.45, 2.75) is 0 Å². The fourth-order valence-electron chi connectivity index (χ4n) is 3.40. The largest absolute Gasteiger partial charge is 0.323 e. The number of carbonyl (C=O) groups excluding carboxylic acids is 2. The molecule has 10 nitrogen and oxygen atoms in total. The number of carbonyl (C=O) groups is 2. The van der Waals surface area contributed by atoms with E-state index in [9.17, 15) is 19.2 Å². The molecule has 0 aliphatic rings. The maximum absolute atomic E-state index is 12.5. The Kier molecular flexibility index (Phi) is 4.44. The second-order valence-corrected chi connectivity index (χ2v) is 7.16. The van der Waals surface area contributed by atoms with Crippen LogP contribution in [0.15, 0.2) is 70.3 Å². The van der Waals surface area contributed by atoms with Crippen molar-refractivity contribution in [2.75, 3.05) is 10.6 Å². The lowest BCUT2D eigenvalue weighted by Crippen LogP contribution is -2.14. The molecule has 0 spiro atoms. The number of nitrogens with one attached hydrogen (secondary N) is 6. The zero-order valence-electron chi connectivity index (χ0n) is 16.4. The Balaban J connectivity index is 1.28. The summed E-state index contributed by atoms with van der Waals surface area (Å²) in [5.74, 6) is -0.702. The molecule has 0 aliphatic heterocycles. The van der Waals surface area contributed by atoms with E-state index >= 15 is 0 Å². The third-order valence-electron chi connectivity index (χ3n) is 4.96. The van der Waals surface area contributed by atoms with Crippen LogP contribution < -0.4 is 22.0 Å². The van der Waals surface area contributed by atoms with Gasteiger partial charge in [-0.2, -0.15) is 0 Å². The summed E-state index contributed by atoms with van der Waals surface area (Å²) in [4.78, 5) is 58.3. The van der Waals surface area contributed by atoms with Crippen molar-refractivity contribution in [1.82, 2.24) is 19.9 Å². The van der Waals surface area contributed by atoms with Crippen LogP contribution in [-0.2, 0) is 0 Å². The van der Waals surface area contributed by atoms with Gasteiger partial charge in [-0.15, -0.1) is 0 Å². The Hall–Kier alpha value is -4.86. The zero-order valence-corrected chi connectivity index (χ0v) is 16.4. The van der Waals surface area contributed by atoms with E-state index < -0.39 is 0 Å². The first-order valence-corrected chi connectivity index (χ1v) is 9.61. The number of benzene rings is 3. The van der Waals surface area contributed by atoms with Crippen molar-refractivity contribution in [3.63, 3.8) is 0 Å². The molecule has 5 aromatic rings. The number of fused-ring (bicyclic) bond motifs is 2. The highest BCUT2D eigenvalue weighted by Crippen LogP contribution is 2.17. The van der Waals surface area contributed by atoms with Crippen molar-refractivity contribution in [1.29, 1.82) is 0 Å². The van der Waals surface area contributed by atoms with Crippen molar-refractivity contribution in [3.8, 4) is 0 Å². The summed E-state index contributed by atoms with van der Waals surface area (Å²) in [6.07, 6.45) is 0. The second kappa shape index (κ2) is 7.43. The van der Waals surface area contributed by atoms with Crippen LogP contribution in [0.1, 0.15) is 20.7 Å². The van der Waals surface area contributed by atoms with E-state index in [1.165, 1.54) is 0 Å². The summed E-state index contributed by atoms with van der Waals surface area (Å²) in [6, 6.07) is 16.3. The lowest BCUT2D eigenvalue weighted by atomic mass is 10.1. The summed E-state index contributed by atoms with van der Waals surface area (Å²) in [6.45, 7) is 0. The number of amides is 2. The molecule has 0 unspecified atom stereocenters. The van der Waals surface area contributed by atoms with Crippen LogP contribution in [0.4, 0.5) is 11.4 Å². The highest BCUT2D eigenvalue weighted by Gasteiger charge is 2.11. The molecule has 0 saturated carbocycles. The Bertz CT molecular complexity index is 1480. The molecule has 158 valence electrons. The SMILES string of the molecule is O=C(Nc1ccc2[nH]c(=O)[nH]c2c1)c1ccc(C(=O)Nc2ccc3[nH]c(=O)[nH]c3c2)cc1. The van der Waals surface area contributed by atoms with E-state index in [2.05, 4.69) is 30.6 Å². The molecule has 5 rings (SSSR count). The number of imidazole rings is 2. The van der Waals surface area contributed by atoms with Crippen LogP contribution in [0.25, 0.3) is 22.1 Å². The van der Waals surface area contributed by atoms with Gasteiger partial charge in [0.1, 0.15) is 0 Å². The van der Waals surface area contributed by atoms with E-state index in [-0.39, 0.29) is 23.2 Å². The molecule has 32 heavy (non-hydrogen) atoms. The Morgan fingerprint density at radius 3 is 1.31 bits per heavy atom. The molecule has 2 heterocycles. The number of hydrogen-bond donors (Lipinski definition) is 6. The first-order chi connectivity index (χ1) is 15.4. The number of H-pyrrole nitrogens is 4. The number of rotatable bonds is 4. The van der Waals surface area contributed by atoms with Crippen LogP contribution in [0.3, 0.4) is 0 Å². The molecule has 0 fully saturated rings. The van der Waals surface area contributed by atoms with E-state index in [4.69, 9.17) is 0 Å². The molecule has 6 N–H and O–H groups in total. The summed E-state index contributed by atoms with van der Waals surface area (Å²) < 4.78 is 0. The number of hydrogen-bond acceptors (Lipinski definition) is 4. The van der Waals surface area contributed by atoms with Gasteiger partial charge in [-0.05, 0) is 60.7 Å². The monoisotopic (exact) mass is 428 g/mol. The van der Waals surface area contributed by atoms with Crippen molar-refractivity contribution < 1.29 is 9.59 Å². The summed E-state index contributed by atoms with van der Waals surface area (Å²) in [7, 11) is 0. The van der Waals surface area contributed by atoms with Gasteiger partial charge in [-0.1, -0.05) is 0 Å². The van der Waals surface area contributed by atoms with Crippen molar-refractivity contribution in [2.24, 2.45) is 0 Å². The van der Waals surface area contributed by atoms with E-state index in [0.29, 0.717) is 44.6 Å². The molecule has 2 amide bonds. The molecule has 0 bridgehead atoms. The molecule has 2 aromatic heterocycles. The number of aromatic nitrogens is 4. The first-order valence-electron chi connectivity index (χ1n) is 9.61. The van der Waals surface area contributed by atoms with Gasteiger partial charge < -0.3 is 30.6 Å². The second-order valence-electron chi connectivity index (χ2n) is 7.16. The third-order valence-corrected chi connectivity index (χ3v) is 4.96. The summed E-state index contributed by atoms with van der Waals surface area (Å²) in [5, 5.41) is 5.52. The minimum atomic E-state index is -0.351. The molecular weight excluding hydrogens is 412 g/mol. The minimum absolute atomic E-state index is 0.321. The lowest BCUT2D eigenvalue weighted by molar-refractivity contribution is 0.101. The smallest absolute Gasteiger partial charge is 0.322 e. The van der Waals surface area contributed by atoms with Gasteiger partial charge in [0.15, 0.2) is 0 Å². The van der Waals surface area contributed by atoms with Crippen LogP contribution >= 0.6 is 0 Å². The van der Waals surface area contributed by atoms with Crippen molar-refractivity contribution in [3.05, 3.63) is 92.8 Å². The Labute approximate surface area is 178 Å². The quantitative estimate of drug-likeness (QED) is 0.260. The molecule has 0 aliphatic carbocycles. The maximum Gasteiger partial charge on any atom is 0.323 e. The number of anilines is 2. The molecule has 0 radical (unpaired) electrons. The number of aromatic amines is 4. The fraction of sp³-hybridized carbons (Fsp3) is 0. The van der Waals surface area contributed by atoms with Crippen LogP contribution in [0.2, 0.25) is 0 Å². The highest BCUT2D eigenvalue weighted by atomic mass is 16.2. The third kappa shape index (κ3) is 3.67. The first kappa shape index (κ1) is 19.1. The van der Waals surface area contributed by atoms with Gasteiger partial charge in [0.25, 0.3) is 11.8 Å². The van der Waals surface area contributed by atoms with Gasteiger partial charge in [0.05, 0.1) is 22.1 Å². The zero-order chi connectivity index (χ0) is 22.2. The molecule has 0 saturated heterocycles. The van der Waals surface area contributed by atoms with E-state index in [1.807, 2.05) is 0 Å². The average Bonchev–Trinajstić information content (AvgIpc) is 3.33. The van der Waals surface area contributed by atoms with E-state index in [0.717, 1.165) is 0 Å². The fourth-order valence-corrected chi connectivity index (χ4v) is 3.40. The van der Waals surface area contributed by atoms with Gasteiger partial charge in [-0.3, -0.25) is 9.59 Å². The molecule has 3 aromatic carbocycles. The average molecular weight is 428 g/mol. The van der Waals surface area contributed by atoms with Crippen LogP contribution in [0, 0.1) is 0 Å². The van der Waals surface area contributed by atoms with Crippen molar-refractivity contribution >= 4 is 45.3 Å². The molecular formula is C22H16N6O4. The van der Waals surface area contributed by atoms with Gasteiger partial charge in [-0.25, -0.2) is 9.59 Å². The van der Waals surface area contributed by atoms with Gasteiger partial charge >= 0.3 is 11.4 Å². The Morgan fingerprint density at radius 2 is 0.906 bits per heavy atom. The summed E-state index contributed by atoms with van der Waals surface area (Å²) >= 11 is 0. The van der Waals surface area contributed by atoms with E-state index in [1.54, 1.807) is 60.7 Å². The van der Waals surface area contributed by atoms with Gasteiger partial charge in [0.2, 0.25) is 0 Å². The maximum atomic E-state index is 12.5.